The summed E-state index contributed by atoms with van der Waals surface area (Å²) in [4.78, 5) is 32.1. The molecule has 4 heterocycles. The Balaban J connectivity index is 1.38. The highest BCUT2D eigenvalue weighted by atomic mass is 16.5. The highest BCUT2D eigenvalue weighted by molar-refractivity contribution is 6.16. The zero-order valence-electron chi connectivity index (χ0n) is 17.7. The van der Waals surface area contributed by atoms with Gasteiger partial charge in [-0.3, -0.25) is 4.79 Å². The minimum Gasteiger partial charge on any atom is -0.378 e. The van der Waals surface area contributed by atoms with E-state index in [-0.39, 0.29) is 5.91 Å². The van der Waals surface area contributed by atoms with E-state index in [1.807, 2.05) is 59.6 Å². The number of fused-ring (bicyclic) bond motifs is 3. The van der Waals surface area contributed by atoms with Crippen molar-refractivity contribution in [2.24, 2.45) is 0 Å². The highest BCUT2D eigenvalue weighted by Crippen LogP contribution is 2.29. The van der Waals surface area contributed by atoms with Crippen molar-refractivity contribution >= 4 is 33.7 Å². The Hall–Kier alpha value is -3.58. The molecule has 0 spiro atoms. The van der Waals surface area contributed by atoms with Gasteiger partial charge in [0, 0.05) is 36.6 Å². The average Bonchev–Trinajstić information content (AvgIpc) is 2.86. The van der Waals surface area contributed by atoms with Gasteiger partial charge in [-0.05, 0) is 24.1 Å². The molecule has 2 aliphatic heterocycles. The lowest BCUT2D eigenvalue weighted by Gasteiger charge is -2.31. The van der Waals surface area contributed by atoms with Crippen LogP contribution in [0.2, 0.25) is 0 Å². The second-order valence-electron chi connectivity index (χ2n) is 8.24. The summed E-state index contributed by atoms with van der Waals surface area (Å²) in [6.45, 7) is 4.09. The van der Waals surface area contributed by atoms with Crippen molar-refractivity contribution in [2.45, 2.75) is 13.0 Å². The van der Waals surface area contributed by atoms with E-state index >= 15 is 0 Å². The van der Waals surface area contributed by atoms with Crippen LogP contribution in [0.3, 0.4) is 0 Å². The molecule has 32 heavy (non-hydrogen) atoms. The lowest BCUT2D eigenvalue weighted by Crippen LogP contribution is -2.39. The van der Waals surface area contributed by atoms with E-state index in [1.54, 1.807) is 0 Å². The molecule has 2 aromatic heterocycles. The first-order valence-corrected chi connectivity index (χ1v) is 11.0. The minimum absolute atomic E-state index is 0.0250. The SMILES string of the molecule is O=C(c1c2ccccc2nc2ccccc12)N1CCc2cnc(N3CCOCC3)nc2C1. The molecule has 1 amide bonds. The van der Waals surface area contributed by atoms with Gasteiger partial charge in [-0.15, -0.1) is 0 Å². The van der Waals surface area contributed by atoms with Crippen LogP contribution < -0.4 is 4.90 Å². The summed E-state index contributed by atoms with van der Waals surface area (Å²) in [5.41, 5.74) is 4.45. The molecular formula is C25H23N5O2. The number of rotatable bonds is 2. The number of aromatic nitrogens is 3. The quantitative estimate of drug-likeness (QED) is 0.459. The summed E-state index contributed by atoms with van der Waals surface area (Å²) in [5.74, 6) is 0.748. The van der Waals surface area contributed by atoms with E-state index in [0.29, 0.717) is 26.3 Å². The van der Waals surface area contributed by atoms with Crippen molar-refractivity contribution < 1.29 is 9.53 Å². The van der Waals surface area contributed by atoms with Crippen molar-refractivity contribution in [1.29, 1.82) is 0 Å². The molecule has 0 N–H and O–H groups in total. The maximum atomic E-state index is 13.9. The predicted molar refractivity (Wildman–Crippen MR) is 123 cm³/mol. The number of benzene rings is 2. The Morgan fingerprint density at radius 1 is 0.875 bits per heavy atom. The number of nitrogens with zero attached hydrogens (tertiary/aromatic N) is 5. The zero-order valence-corrected chi connectivity index (χ0v) is 17.7. The van der Waals surface area contributed by atoms with E-state index in [1.165, 1.54) is 0 Å². The van der Waals surface area contributed by atoms with Gasteiger partial charge in [0.05, 0.1) is 42.0 Å². The standard InChI is InChI=1S/C25H23N5O2/c31-24(23-18-5-1-3-7-20(18)27-21-8-4-2-6-19(21)23)30-10-9-17-15-26-25(28-22(17)16-30)29-11-13-32-14-12-29/h1-8,15H,9-14,16H2. The topological polar surface area (TPSA) is 71.5 Å². The van der Waals surface area contributed by atoms with Gasteiger partial charge >= 0.3 is 0 Å². The summed E-state index contributed by atoms with van der Waals surface area (Å²) < 4.78 is 5.45. The third-order valence-corrected chi connectivity index (χ3v) is 6.32. The maximum Gasteiger partial charge on any atom is 0.255 e. The van der Waals surface area contributed by atoms with Crippen LogP contribution in [0, 0.1) is 0 Å². The van der Waals surface area contributed by atoms with E-state index in [0.717, 1.165) is 64.1 Å². The normalized spacial score (nSPS) is 16.4. The number of hydrogen-bond acceptors (Lipinski definition) is 6. The van der Waals surface area contributed by atoms with Gasteiger partial charge in [0.1, 0.15) is 0 Å². The number of anilines is 1. The molecule has 4 aromatic rings. The summed E-state index contributed by atoms with van der Waals surface area (Å²) in [6, 6.07) is 15.7. The van der Waals surface area contributed by atoms with Crippen LogP contribution in [-0.2, 0) is 17.7 Å². The molecule has 0 radical (unpaired) electrons. The largest absolute Gasteiger partial charge is 0.378 e. The number of hydrogen-bond donors (Lipinski definition) is 0. The molecular weight excluding hydrogens is 402 g/mol. The Morgan fingerprint density at radius 3 is 2.28 bits per heavy atom. The fourth-order valence-electron chi connectivity index (χ4n) is 4.61. The maximum absolute atomic E-state index is 13.9. The van der Waals surface area contributed by atoms with E-state index in [4.69, 9.17) is 14.7 Å². The molecule has 1 fully saturated rings. The van der Waals surface area contributed by atoms with Crippen LogP contribution in [0.1, 0.15) is 21.6 Å². The van der Waals surface area contributed by atoms with E-state index < -0.39 is 0 Å². The van der Waals surface area contributed by atoms with Crippen molar-refractivity contribution in [3.05, 3.63) is 71.5 Å². The number of amides is 1. The summed E-state index contributed by atoms with van der Waals surface area (Å²) in [7, 11) is 0. The second-order valence-corrected chi connectivity index (χ2v) is 8.24. The first kappa shape index (κ1) is 19.1. The Kier molecular flexibility index (Phi) is 4.69. The molecule has 6 rings (SSSR count). The van der Waals surface area contributed by atoms with Crippen LogP contribution in [0.4, 0.5) is 5.95 Å². The first-order valence-electron chi connectivity index (χ1n) is 11.0. The van der Waals surface area contributed by atoms with Gasteiger partial charge in [-0.2, -0.15) is 0 Å². The molecule has 1 saturated heterocycles. The number of morpholine rings is 1. The summed E-state index contributed by atoms with van der Waals surface area (Å²) in [5, 5.41) is 1.78. The molecule has 2 aromatic carbocycles. The Morgan fingerprint density at radius 2 is 1.56 bits per heavy atom. The first-order chi connectivity index (χ1) is 15.8. The minimum atomic E-state index is 0.0250. The fraction of sp³-hybridized carbons (Fsp3) is 0.280. The van der Waals surface area contributed by atoms with Crippen LogP contribution in [0.15, 0.2) is 54.7 Å². The molecule has 0 unspecified atom stereocenters. The molecule has 0 bridgehead atoms. The van der Waals surface area contributed by atoms with Crippen LogP contribution in [0.5, 0.6) is 0 Å². The smallest absolute Gasteiger partial charge is 0.255 e. The van der Waals surface area contributed by atoms with Crippen LogP contribution in [-0.4, -0.2) is 58.6 Å². The summed E-state index contributed by atoms with van der Waals surface area (Å²) >= 11 is 0. The molecule has 0 aliphatic carbocycles. The van der Waals surface area contributed by atoms with Crippen molar-refractivity contribution in [3.8, 4) is 0 Å². The third-order valence-electron chi connectivity index (χ3n) is 6.32. The van der Waals surface area contributed by atoms with Crippen LogP contribution >= 0.6 is 0 Å². The van der Waals surface area contributed by atoms with Gasteiger partial charge in [-0.1, -0.05) is 36.4 Å². The van der Waals surface area contributed by atoms with Gasteiger partial charge in [0.2, 0.25) is 5.95 Å². The van der Waals surface area contributed by atoms with Gasteiger partial charge in [-0.25, -0.2) is 15.0 Å². The lowest BCUT2D eigenvalue weighted by atomic mass is 9.99. The van der Waals surface area contributed by atoms with Gasteiger partial charge in [0.25, 0.3) is 5.91 Å². The second kappa shape index (κ2) is 7.84. The van der Waals surface area contributed by atoms with Crippen LogP contribution in [0.25, 0.3) is 21.8 Å². The number of carbonyl (C=O) groups excluding carboxylic acids is 1. The van der Waals surface area contributed by atoms with E-state index in [2.05, 4.69) is 9.88 Å². The van der Waals surface area contributed by atoms with Gasteiger partial charge < -0.3 is 14.5 Å². The summed E-state index contributed by atoms with van der Waals surface area (Å²) in [6.07, 6.45) is 2.68. The third kappa shape index (κ3) is 3.26. The highest BCUT2D eigenvalue weighted by Gasteiger charge is 2.27. The number of para-hydroxylation sites is 2. The molecule has 2 aliphatic rings. The van der Waals surface area contributed by atoms with Crippen molar-refractivity contribution in [2.75, 3.05) is 37.7 Å². The Bertz CT molecular complexity index is 1280. The number of ether oxygens (including phenoxy) is 1. The average molecular weight is 425 g/mol. The van der Waals surface area contributed by atoms with Gasteiger partial charge in [0.15, 0.2) is 0 Å². The predicted octanol–water partition coefficient (Wildman–Crippen LogP) is 3.21. The van der Waals surface area contributed by atoms with E-state index in [9.17, 15) is 4.79 Å². The molecule has 0 atom stereocenters. The Labute approximate surface area is 185 Å². The monoisotopic (exact) mass is 425 g/mol. The molecule has 7 heteroatoms. The molecule has 0 saturated carbocycles. The number of pyridine rings is 1. The fourth-order valence-corrected chi connectivity index (χ4v) is 4.61. The van der Waals surface area contributed by atoms with Crippen molar-refractivity contribution in [1.82, 2.24) is 19.9 Å². The molecule has 160 valence electrons. The number of carbonyl (C=O) groups is 1. The zero-order chi connectivity index (χ0) is 21.5. The van der Waals surface area contributed by atoms with Crippen molar-refractivity contribution in [3.63, 3.8) is 0 Å². The molecule has 7 nitrogen and oxygen atoms in total. The lowest BCUT2D eigenvalue weighted by molar-refractivity contribution is 0.0735.